The van der Waals surface area contributed by atoms with E-state index in [0.29, 0.717) is 18.9 Å². The number of amides is 1. The van der Waals surface area contributed by atoms with Crippen molar-refractivity contribution < 1.29 is 18.3 Å². The molecule has 0 aromatic carbocycles. The van der Waals surface area contributed by atoms with E-state index in [0.717, 1.165) is 12.8 Å². The van der Waals surface area contributed by atoms with Gasteiger partial charge in [-0.2, -0.15) is 0 Å². The Morgan fingerprint density at radius 1 is 1.41 bits per heavy atom. The van der Waals surface area contributed by atoms with Gasteiger partial charge in [-0.25, -0.2) is 8.42 Å². The van der Waals surface area contributed by atoms with Gasteiger partial charge in [-0.3, -0.25) is 4.79 Å². The van der Waals surface area contributed by atoms with Gasteiger partial charge in [-0.1, -0.05) is 0 Å². The lowest BCUT2D eigenvalue weighted by molar-refractivity contribution is -0.135. The quantitative estimate of drug-likeness (QED) is 0.753. The van der Waals surface area contributed by atoms with Crippen LogP contribution in [0.4, 0.5) is 0 Å². The Morgan fingerprint density at radius 3 is 2.53 bits per heavy atom. The molecule has 1 N–H and O–H groups in total. The predicted molar refractivity (Wildman–Crippen MR) is 63.1 cm³/mol. The average molecular weight is 261 g/mol. The van der Waals surface area contributed by atoms with Crippen LogP contribution in [-0.2, 0) is 14.6 Å². The summed E-state index contributed by atoms with van der Waals surface area (Å²) < 4.78 is 22.6. The number of aliphatic hydroxyl groups excluding tert-OH is 1. The van der Waals surface area contributed by atoms with E-state index in [1.54, 1.807) is 11.9 Å². The number of aliphatic hydroxyl groups is 1. The van der Waals surface area contributed by atoms with Crippen LogP contribution >= 0.6 is 0 Å². The molecule has 0 bridgehead atoms. The molecule has 0 radical (unpaired) electrons. The number of nitrogens with zero attached hydrogens (tertiary/aromatic N) is 1. The summed E-state index contributed by atoms with van der Waals surface area (Å²) in [6.45, 7) is 0.631. The molecule has 2 rings (SSSR count). The van der Waals surface area contributed by atoms with Crippen LogP contribution in [0, 0.1) is 11.8 Å². The van der Waals surface area contributed by atoms with Gasteiger partial charge in [0.15, 0.2) is 9.84 Å². The van der Waals surface area contributed by atoms with E-state index in [-0.39, 0.29) is 29.4 Å². The highest BCUT2D eigenvalue weighted by atomic mass is 32.2. The smallest absolute Gasteiger partial charge is 0.226 e. The average Bonchev–Trinajstić information content (AvgIpc) is 2.55. The molecule has 6 heteroatoms. The van der Waals surface area contributed by atoms with Crippen molar-refractivity contribution in [1.82, 2.24) is 4.90 Å². The van der Waals surface area contributed by atoms with Crippen LogP contribution < -0.4 is 0 Å². The van der Waals surface area contributed by atoms with Crippen molar-refractivity contribution in [2.24, 2.45) is 11.8 Å². The minimum Gasteiger partial charge on any atom is -0.393 e. The summed E-state index contributed by atoms with van der Waals surface area (Å²) >= 11 is 0. The van der Waals surface area contributed by atoms with Crippen molar-refractivity contribution in [2.45, 2.75) is 25.4 Å². The summed E-state index contributed by atoms with van der Waals surface area (Å²) in [4.78, 5) is 13.6. The molecule has 1 saturated heterocycles. The van der Waals surface area contributed by atoms with Gasteiger partial charge in [0.2, 0.25) is 5.91 Å². The zero-order chi connectivity index (χ0) is 12.6. The predicted octanol–water partition coefficient (Wildman–Crippen LogP) is -0.350. The van der Waals surface area contributed by atoms with E-state index >= 15 is 0 Å². The van der Waals surface area contributed by atoms with Gasteiger partial charge in [-0.05, 0) is 25.2 Å². The van der Waals surface area contributed by atoms with Crippen molar-refractivity contribution in [3.63, 3.8) is 0 Å². The van der Waals surface area contributed by atoms with E-state index in [1.165, 1.54) is 0 Å². The first-order chi connectivity index (χ1) is 7.87. The molecule has 2 fully saturated rings. The van der Waals surface area contributed by atoms with E-state index in [9.17, 15) is 13.2 Å². The number of hydrogen-bond acceptors (Lipinski definition) is 4. The second kappa shape index (κ2) is 4.57. The van der Waals surface area contributed by atoms with Crippen LogP contribution in [0.25, 0.3) is 0 Å². The normalized spacial score (nSPS) is 35.3. The van der Waals surface area contributed by atoms with Gasteiger partial charge < -0.3 is 10.0 Å². The Bertz CT molecular complexity index is 400. The molecule has 1 unspecified atom stereocenters. The largest absolute Gasteiger partial charge is 0.393 e. The Morgan fingerprint density at radius 2 is 2.06 bits per heavy atom. The highest BCUT2D eigenvalue weighted by Gasteiger charge is 2.36. The Balaban J connectivity index is 1.83. The first kappa shape index (κ1) is 12.8. The molecule has 98 valence electrons. The lowest BCUT2D eigenvalue weighted by Crippen LogP contribution is -2.41. The monoisotopic (exact) mass is 261 g/mol. The lowest BCUT2D eigenvalue weighted by atomic mass is 9.82. The zero-order valence-electron chi connectivity index (χ0n) is 10.0. The van der Waals surface area contributed by atoms with Crippen LogP contribution in [0.5, 0.6) is 0 Å². The highest BCUT2D eigenvalue weighted by molar-refractivity contribution is 7.91. The minimum atomic E-state index is -2.99. The molecule has 5 nitrogen and oxygen atoms in total. The summed E-state index contributed by atoms with van der Waals surface area (Å²) in [6.07, 6.45) is 1.75. The fraction of sp³-hybridized carbons (Fsp3) is 0.909. The van der Waals surface area contributed by atoms with Crippen molar-refractivity contribution in [3.05, 3.63) is 0 Å². The zero-order valence-corrected chi connectivity index (χ0v) is 10.8. The molecule has 1 atom stereocenters. The van der Waals surface area contributed by atoms with Gasteiger partial charge in [0.1, 0.15) is 0 Å². The summed E-state index contributed by atoms with van der Waals surface area (Å²) in [6, 6.07) is 0. The molecule has 0 spiro atoms. The van der Waals surface area contributed by atoms with Crippen molar-refractivity contribution in [1.29, 1.82) is 0 Å². The molecular weight excluding hydrogens is 242 g/mol. The molecular formula is C11H19NO4S. The number of rotatable bonds is 3. The van der Waals surface area contributed by atoms with Gasteiger partial charge in [0.25, 0.3) is 0 Å². The van der Waals surface area contributed by atoms with Crippen LogP contribution in [0.2, 0.25) is 0 Å². The molecule has 1 aliphatic heterocycles. The first-order valence-corrected chi connectivity index (χ1v) is 7.83. The molecule has 1 saturated carbocycles. The third-order valence-corrected chi connectivity index (χ3v) is 5.47. The maximum Gasteiger partial charge on any atom is 0.226 e. The van der Waals surface area contributed by atoms with Crippen LogP contribution in [0.1, 0.15) is 19.3 Å². The van der Waals surface area contributed by atoms with E-state index < -0.39 is 9.84 Å². The summed E-state index contributed by atoms with van der Waals surface area (Å²) in [7, 11) is -1.27. The van der Waals surface area contributed by atoms with E-state index in [1.807, 2.05) is 0 Å². The van der Waals surface area contributed by atoms with E-state index in [4.69, 9.17) is 5.11 Å². The van der Waals surface area contributed by atoms with Crippen molar-refractivity contribution >= 4 is 15.7 Å². The van der Waals surface area contributed by atoms with Crippen molar-refractivity contribution in [2.75, 3.05) is 25.1 Å². The Hall–Kier alpha value is -0.620. The number of sulfone groups is 1. The third kappa shape index (κ3) is 2.98. The molecule has 1 heterocycles. The Labute approximate surface area is 102 Å². The fourth-order valence-electron chi connectivity index (χ4n) is 2.63. The standard InChI is InChI=1S/C11H19NO4S/c1-12(6-8-4-10(13)5-8)11(14)9-2-3-17(15,16)7-9/h8-10,13H,2-7H2,1H3. The second-order valence-corrected chi connectivity index (χ2v) is 7.54. The molecule has 1 aliphatic carbocycles. The molecule has 0 aromatic heterocycles. The van der Waals surface area contributed by atoms with Gasteiger partial charge in [0, 0.05) is 13.6 Å². The molecule has 17 heavy (non-hydrogen) atoms. The van der Waals surface area contributed by atoms with Gasteiger partial charge in [0.05, 0.1) is 23.5 Å². The van der Waals surface area contributed by atoms with Crippen LogP contribution in [0.3, 0.4) is 0 Å². The number of hydrogen-bond donors (Lipinski definition) is 1. The highest BCUT2D eigenvalue weighted by Crippen LogP contribution is 2.28. The maximum atomic E-state index is 12.0. The summed E-state index contributed by atoms with van der Waals surface area (Å²) in [5.74, 6) is 0.0995. The van der Waals surface area contributed by atoms with Crippen LogP contribution in [0.15, 0.2) is 0 Å². The van der Waals surface area contributed by atoms with Crippen molar-refractivity contribution in [3.8, 4) is 0 Å². The number of carbonyl (C=O) groups excluding carboxylic acids is 1. The third-order valence-electron chi connectivity index (χ3n) is 3.70. The Kier molecular flexibility index (Phi) is 3.45. The number of carbonyl (C=O) groups is 1. The van der Waals surface area contributed by atoms with Gasteiger partial charge in [-0.15, -0.1) is 0 Å². The first-order valence-electron chi connectivity index (χ1n) is 6.01. The maximum absolute atomic E-state index is 12.0. The SMILES string of the molecule is CN(CC1CC(O)C1)C(=O)C1CCS(=O)(=O)C1. The second-order valence-electron chi connectivity index (χ2n) is 5.31. The van der Waals surface area contributed by atoms with Crippen LogP contribution in [-0.4, -0.2) is 55.5 Å². The molecule has 2 aliphatic rings. The fourth-order valence-corrected chi connectivity index (χ4v) is 4.36. The molecule has 0 aromatic rings. The minimum absolute atomic E-state index is 0.00344. The summed E-state index contributed by atoms with van der Waals surface area (Å²) in [5, 5.41) is 9.17. The topological polar surface area (TPSA) is 74.7 Å². The lowest BCUT2D eigenvalue weighted by Gasteiger charge is -2.35. The summed E-state index contributed by atoms with van der Waals surface area (Å²) in [5.41, 5.74) is 0. The molecule has 1 amide bonds. The van der Waals surface area contributed by atoms with E-state index in [2.05, 4.69) is 0 Å². The van der Waals surface area contributed by atoms with Gasteiger partial charge >= 0.3 is 0 Å².